The minimum atomic E-state index is -1.11. The van der Waals surface area contributed by atoms with Crippen molar-refractivity contribution in [1.29, 1.82) is 0 Å². The number of nitrogens with one attached hydrogen (secondary N) is 1. The molecule has 0 unspecified atom stereocenters. The fourth-order valence-electron chi connectivity index (χ4n) is 7.26. The fourth-order valence-corrected chi connectivity index (χ4v) is 10.1. The molecule has 2 aliphatic heterocycles. The molecule has 35 heavy (non-hydrogen) atoms. The number of aromatic amines is 1. The van der Waals surface area contributed by atoms with Gasteiger partial charge >= 0.3 is 10.8 Å². The zero-order chi connectivity index (χ0) is 24.8. The number of thioether (sulfide) groups is 1. The first-order valence-electron chi connectivity index (χ1n) is 12.2. The smallest absolute Gasteiger partial charge is 0.326 e. The number of fused-ring (bicyclic) bond motifs is 9. The monoisotopic (exact) mass is 512 g/mol. The largest absolute Gasteiger partial charge is 0.480 e. The fraction of sp³-hybridized carbons (Fsp3) is 0.538. The molecule has 2 amide bonds. The Kier molecular flexibility index (Phi) is 5.31. The minimum Gasteiger partial charge on any atom is -0.480 e. The lowest BCUT2D eigenvalue weighted by molar-refractivity contribution is -0.156. The third-order valence-corrected chi connectivity index (χ3v) is 11.1. The number of aromatic nitrogens is 1. The summed E-state index contributed by atoms with van der Waals surface area (Å²) in [6, 6.07) is 7.27. The van der Waals surface area contributed by atoms with Crippen molar-refractivity contribution >= 4 is 40.9 Å². The van der Waals surface area contributed by atoms with Gasteiger partial charge in [0.1, 0.15) is 6.04 Å². The Bertz CT molecular complexity index is 1280. The lowest BCUT2D eigenvalue weighted by atomic mass is 9.68. The summed E-state index contributed by atoms with van der Waals surface area (Å²) in [5.41, 5.74) is 2.28. The normalized spacial score (nSPS) is 33.7. The average molecular weight is 513 g/mol. The van der Waals surface area contributed by atoms with Crippen LogP contribution in [0.15, 0.2) is 34.1 Å². The van der Waals surface area contributed by atoms with Gasteiger partial charge in [-0.3, -0.25) is 19.3 Å². The predicted octanol–water partition coefficient (Wildman–Crippen LogP) is 3.72. The molecule has 6 rings (SSSR count). The van der Waals surface area contributed by atoms with Crippen LogP contribution < -0.4 is 4.87 Å². The van der Waals surface area contributed by atoms with Crippen LogP contribution in [0.4, 0.5) is 0 Å². The van der Waals surface area contributed by atoms with Crippen LogP contribution in [-0.2, 0) is 14.4 Å². The lowest BCUT2D eigenvalue weighted by Gasteiger charge is -2.43. The molecule has 3 heterocycles. The van der Waals surface area contributed by atoms with E-state index < -0.39 is 23.8 Å². The van der Waals surface area contributed by atoms with E-state index in [4.69, 9.17) is 0 Å². The number of carbonyl (C=O) groups excluding carboxylic acids is 2. The van der Waals surface area contributed by atoms with Crippen LogP contribution >= 0.6 is 23.1 Å². The van der Waals surface area contributed by atoms with Gasteiger partial charge in [0, 0.05) is 16.0 Å². The van der Waals surface area contributed by atoms with E-state index >= 15 is 0 Å². The third kappa shape index (κ3) is 3.30. The van der Waals surface area contributed by atoms with Crippen molar-refractivity contribution in [2.24, 2.45) is 35.5 Å². The first kappa shape index (κ1) is 23.0. The highest BCUT2D eigenvalue weighted by Gasteiger charge is 2.70. The second-order valence-corrected chi connectivity index (χ2v) is 13.1. The summed E-state index contributed by atoms with van der Waals surface area (Å²) in [5.74, 6) is -2.50. The van der Waals surface area contributed by atoms with E-state index in [0.717, 1.165) is 32.4 Å². The molecule has 0 radical (unpaired) electrons. The predicted molar refractivity (Wildman–Crippen MR) is 132 cm³/mol. The molecule has 1 aromatic carbocycles. The first-order valence-corrected chi connectivity index (χ1v) is 13.9. The van der Waals surface area contributed by atoms with Crippen LogP contribution in [0, 0.1) is 42.4 Å². The summed E-state index contributed by atoms with van der Waals surface area (Å²) >= 11 is 2.89. The average Bonchev–Trinajstić information content (AvgIpc) is 3.52. The van der Waals surface area contributed by atoms with Crippen molar-refractivity contribution in [2.75, 3.05) is 0 Å². The van der Waals surface area contributed by atoms with Gasteiger partial charge in [-0.05, 0) is 49.0 Å². The molecular weight excluding hydrogens is 484 g/mol. The van der Waals surface area contributed by atoms with Crippen molar-refractivity contribution < 1.29 is 19.5 Å². The summed E-state index contributed by atoms with van der Waals surface area (Å²) < 4.78 is 0. The van der Waals surface area contributed by atoms with Gasteiger partial charge in [-0.1, -0.05) is 55.0 Å². The van der Waals surface area contributed by atoms with E-state index in [-0.39, 0.29) is 57.9 Å². The Morgan fingerprint density at radius 1 is 1.11 bits per heavy atom. The van der Waals surface area contributed by atoms with Gasteiger partial charge < -0.3 is 10.1 Å². The van der Waals surface area contributed by atoms with Gasteiger partial charge in [0.2, 0.25) is 11.8 Å². The Morgan fingerprint density at radius 3 is 2.40 bits per heavy atom. The van der Waals surface area contributed by atoms with E-state index in [9.17, 15) is 24.3 Å². The highest BCUT2D eigenvalue weighted by Crippen LogP contribution is 2.68. The maximum atomic E-state index is 13.7. The lowest BCUT2D eigenvalue weighted by Crippen LogP contribution is -2.47. The third-order valence-electron chi connectivity index (χ3n) is 8.49. The van der Waals surface area contributed by atoms with Crippen LogP contribution in [0.2, 0.25) is 0 Å². The number of nitrogens with zero attached hydrogens (tertiary/aromatic N) is 1. The number of benzene rings is 1. The molecule has 7 nitrogen and oxygen atoms in total. The number of likely N-dealkylation sites (tertiary alicyclic amines) is 1. The SMILES string of the molecule is Cc1ccc([C@@H]2c3sc(=O)[nH]c3S[C@H]3[C@@H]4C[C@@H]([C@@H]5C(=O)N([C@@H](CC(C)C)C(=O)O)C(=O)[C@@H]45)[C@H]23)cc1. The molecule has 9 heteroatoms. The highest BCUT2D eigenvalue weighted by molar-refractivity contribution is 8.00. The van der Waals surface area contributed by atoms with Gasteiger partial charge in [-0.15, -0.1) is 11.8 Å². The van der Waals surface area contributed by atoms with Crippen LogP contribution in [0.5, 0.6) is 0 Å². The van der Waals surface area contributed by atoms with Gasteiger partial charge in [0.25, 0.3) is 0 Å². The number of carboxylic acids is 1. The number of aliphatic carboxylic acids is 1. The number of amides is 2. The maximum Gasteiger partial charge on any atom is 0.326 e. The molecule has 4 aliphatic rings. The van der Waals surface area contributed by atoms with Gasteiger partial charge in [0.15, 0.2) is 0 Å². The number of hydrogen-bond donors (Lipinski definition) is 2. The Balaban J connectivity index is 1.42. The van der Waals surface area contributed by atoms with Crippen molar-refractivity contribution in [1.82, 2.24) is 9.88 Å². The maximum absolute atomic E-state index is 13.7. The summed E-state index contributed by atoms with van der Waals surface area (Å²) in [6.07, 6.45) is 1.06. The second-order valence-electron chi connectivity index (χ2n) is 10.9. The van der Waals surface area contributed by atoms with E-state index in [0.29, 0.717) is 0 Å². The van der Waals surface area contributed by atoms with Crippen LogP contribution in [0.3, 0.4) is 0 Å². The second kappa shape index (κ2) is 8.06. The highest BCUT2D eigenvalue weighted by atomic mass is 32.2. The molecule has 1 saturated heterocycles. The van der Waals surface area contributed by atoms with Crippen molar-refractivity contribution in [3.8, 4) is 0 Å². The number of carbonyl (C=O) groups is 3. The number of aryl methyl sites for hydroxylation is 1. The zero-order valence-electron chi connectivity index (χ0n) is 19.8. The number of imide groups is 1. The molecule has 3 fully saturated rings. The molecular formula is C26H28N2O5S2. The van der Waals surface area contributed by atoms with Crippen LogP contribution in [-0.4, -0.2) is 44.1 Å². The Morgan fingerprint density at radius 2 is 1.77 bits per heavy atom. The number of hydrogen-bond acceptors (Lipinski definition) is 6. The Hall–Kier alpha value is -2.39. The molecule has 2 bridgehead atoms. The van der Waals surface area contributed by atoms with Crippen molar-refractivity contribution in [2.45, 2.75) is 55.8 Å². The Labute approximate surface area is 211 Å². The summed E-state index contributed by atoms with van der Waals surface area (Å²) in [7, 11) is 0. The van der Waals surface area contributed by atoms with Crippen LogP contribution in [0.1, 0.15) is 48.6 Å². The summed E-state index contributed by atoms with van der Waals surface area (Å²) in [4.78, 5) is 56.8. The topological polar surface area (TPSA) is 108 Å². The molecule has 1 aromatic heterocycles. The van der Waals surface area contributed by atoms with Gasteiger partial charge in [0.05, 0.1) is 16.9 Å². The zero-order valence-corrected chi connectivity index (χ0v) is 21.4. The van der Waals surface area contributed by atoms with Crippen molar-refractivity contribution in [3.05, 3.63) is 49.9 Å². The quantitative estimate of drug-likeness (QED) is 0.592. The van der Waals surface area contributed by atoms with E-state index in [1.54, 1.807) is 11.8 Å². The van der Waals surface area contributed by atoms with Gasteiger partial charge in [-0.2, -0.15) is 0 Å². The molecule has 0 spiro atoms. The van der Waals surface area contributed by atoms with Gasteiger partial charge in [-0.25, -0.2) is 4.79 Å². The summed E-state index contributed by atoms with van der Waals surface area (Å²) in [5, 5.41) is 10.9. The molecule has 2 saturated carbocycles. The van der Waals surface area contributed by atoms with E-state index in [1.165, 1.54) is 11.3 Å². The van der Waals surface area contributed by atoms with Crippen LogP contribution in [0.25, 0.3) is 0 Å². The molecule has 2 N–H and O–H groups in total. The molecule has 184 valence electrons. The number of rotatable bonds is 5. The first-order chi connectivity index (χ1) is 16.7. The standard InChI is InChI=1S/C26H28N2O5S2/c1-10(2)8-15(25(31)32)28-23(29)18-13-9-14(19(18)24(28)30)20-17(13)16(12-6-4-11(3)5-7-12)21-22(34-20)27-26(33)35-21/h4-7,10,13-20H,8-9H2,1-3H3,(H,27,33)(H,31,32)/t13-,14-,15+,16+,17-,18+,19+,20+/m1/s1. The number of carboxylic acid groups (broad SMARTS) is 1. The molecule has 8 atom stereocenters. The molecule has 2 aliphatic carbocycles. The van der Waals surface area contributed by atoms with E-state index in [2.05, 4.69) is 29.2 Å². The number of thiazole rings is 1. The minimum absolute atomic E-state index is 0.000514. The van der Waals surface area contributed by atoms with Crippen molar-refractivity contribution in [3.63, 3.8) is 0 Å². The number of H-pyrrole nitrogens is 1. The van der Waals surface area contributed by atoms with E-state index in [1.807, 2.05) is 20.8 Å². The molecule has 2 aromatic rings. The summed E-state index contributed by atoms with van der Waals surface area (Å²) in [6.45, 7) is 5.85.